The lowest BCUT2D eigenvalue weighted by Gasteiger charge is -2.20. The largest absolute Gasteiger partial charge is 0.310 e. The molecule has 0 aliphatic heterocycles. The summed E-state index contributed by atoms with van der Waals surface area (Å²) < 4.78 is 24.4. The molecule has 0 aliphatic rings. The van der Waals surface area contributed by atoms with E-state index in [0.717, 1.165) is 13.0 Å². The molecular weight excluding hydrogens is 385 g/mol. The SMILES string of the molecule is CCNC(CCCS(=O)(=O)CC)c1cccc(C)c1I. The molecule has 0 saturated carbocycles. The van der Waals surface area contributed by atoms with Crippen LogP contribution in [0.4, 0.5) is 0 Å². The number of rotatable bonds is 8. The van der Waals surface area contributed by atoms with Crippen LogP contribution in [0.25, 0.3) is 0 Å². The third-order valence-corrected chi connectivity index (χ3v) is 6.70. The minimum atomic E-state index is -2.86. The molecule has 0 aromatic heterocycles. The molecule has 1 aromatic carbocycles. The molecule has 1 unspecified atom stereocenters. The molecule has 0 amide bonds. The maximum atomic E-state index is 11.6. The molecule has 0 bridgehead atoms. The molecule has 1 atom stereocenters. The second-order valence-electron chi connectivity index (χ2n) is 4.97. The van der Waals surface area contributed by atoms with Crippen molar-refractivity contribution in [3.8, 4) is 0 Å². The number of halogens is 1. The Bertz CT molecular complexity index is 529. The third-order valence-electron chi connectivity index (χ3n) is 3.44. The molecule has 114 valence electrons. The molecule has 0 saturated heterocycles. The molecule has 0 heterocycles. The molecule has 0 aliphatic carbocycles. The van der Waals surface area contributed by atoms with Crippen molar-refractivity contribution in [2.75, 3.05) is 18.1 Å². The highest BCUT2D eigenvalue weighted by Crippen LogP contribution is 2.26. The van der Waals surface area contributed by atoms with E-state index < -0.39 is 9.84 Å². The summed E-state index contributed by atoms with van der Waals surface area (Å²) in [5.41, 5.74) is 2.55. The maximum Gasteiger partial charge on any atom is 0.150 e. The summed E-state index contributed by atoms with van der Waals surface area (Å²) in [4.78, 5) is 0. The van der Waals surface area contributed by atoms with Gasteiger partial charge in [-0.15, -0.1) is 0 Å². The van der Waals surface area contributed by atoms with Crippen molar-refractivity contribution in [3.05, 3.63) is 32.9 Å². The van der Waals surface area contributed by atoms with Crippen molar-refractivity contribution in [3.63, 3.8) is 0 Å². The quantitative estimate of drug-likeness (QED) is 0.669. The van der Waals surface area contributed by atoms with Crippen LogP contribution < -0.4 is 5.32 Å². The van der Waals surface area contributed by atoms with Crippen LogP contribution in [0.1, 0.15) is 43.9 Å². The van der Waals surface area contributed by atoms with E-state index in [2.05, 4.69) is 60.0 Å². The van der Waals surface area contributed by atoms with E-state index in [1.807, 2.05) is 0 Å². The number of sulfone groups is 1. The zero-order valence-electron chi connectivity index (χ0n) is 12.4. The first-order valence-electron chi connectivity index (χ1n) is 7.10. The first-order valence-corrected chi connectivity index (χ1v) is 10.00. The fourth-order valence-electron chi connectivity index (χ4n) is 2.20. The van der Waals surface area contributed by atoms with Gasteiger partial charge in [-0.1, -0.05) is 32.0 Å². The van der Waals surface area contributed by atoms with E-state index in [1.54, 1.807) is 6.92 Å². The Morgan fingerprint density at radius 1 is 1.30 bits per heavy atom. The van der Waals surface area contributed by atoms with Gasteiger partial charge >= 0.3 is 0 Å². The second-order valence-corrected chi connectivity index (χ2v) is 8.52. The van der Waals surface area contributed by atoms with Crippen LogP contribution in [0.15, 0.2) is 18.2 Å². The van der Waals surface area contributed by atoms with E-state index in [0.29, 0.717) is 6.42 Å². The Balaban J connectivity index is 2.77. The molecule has 0 radical (unpaired) electrons. The maximum absolute atomic E-state index is 11.6. The summed E-state index contributed by atoms with van der Waals surface area (Å²) in [6.45, 7) is 6.78. The van der Waals surface area contributed by atoms with E-state index in [4.69, 9.17) is 0 Å². The molecular formula is C15H24INO2S. The number of hydrogen-bond acceptors (Lipinski definition) is 3. The van der Waals surface area contributed by atoms with Crippen molar-refractivity contribution >= 4 is 32.4 Å². The zero-order chi connectivity index (χ0) is 15.2. The number of benzene rings is 1. The van der Waals surface area contributed by atoms with Gasteiger partial charge in [-0.2, -0.15) is 0 Å². The molecule has 1 aromatic rings. The molecule has 0 spiro atoms. The van der Waals surface area contributed by atoms with Gasteiger partial charge in [0.05, 0.1) is 5.75 Å². The molecule has 0 fully saturated rings. The summed E-state index contributed by atoms with van der Waals surface area (Å²) in [6.07, 6.45) is 1.56. The van der Waals surface area contributed by atoms with Gasteiger partial charge < -0.3 is 5.32 Å². The Kier molecular flexibility index (Phi) is 7.47. The molecule has 3 nitrogen and oxygen atoms in total. The molecule has 1 rings (SSSR count). The third kappa shape index (κ3) is 5.33. The van der Waals surface area contributed by atoms with Crippen LogP contribution in [-0.2, 0) is 9.84 Å². The van der Waals surface area contributed by atoms with Crippen LogP contribution in [0.5, 0.6) is 0 Å². The highest BCUT2D eigenvalue weighted by atomic mass is 127. The molecule has 20 heavy (non-hydrogen) atoms. The van der Waals surface area contributed by atoms with E-state index in [-0.39, 0.29) is 17.5 Å². The fraction of sp³-hybridized carbons (Fsp3) is 0.600. The minimum absolute atomic E-state index is 0.235. The van der Waals surface area contributed by atoms with Crippen molar-refractivity contribution in [2.45, 2.75) is 39.7 Å². The average molecular weight is 409 g/mol. The fourth-order valence-corrected chi connectivity index (χ4v) is 3.84. The van der Waals surface area contributed by atoms with Gasteiger partial charge in [-0.05, 0) is 60.0 Å². The zero-order valence-corrected chi connectivity index (χ0v) is 15.4. The van der Waals surface area contributed by atoms with E-state index >= 15 is 0 Å². The van der Waals surface area contributed by atoms with Gasteiger partial charge in [0.2, 0.25) is 0 Å². The van der Waals surface area contributed by atoms with Crippen molar-refractivity contribution in [2.24, 2.45) is 0 Å². The van der Waals surface area contributed by atoms with E-state index in [1.165, 1.54) is 14.7 Å². The van der Waals surface area contributed by atoms with Crippen LogP contribution in [0.3, 0.4) is 0 Å². The standard InChI is InChI=1S/C15H24INO2S/c1-4-17-14(10-7-11-20(18,19)5-2)13-9-6-8-12(3)15(13)16/h6,8-9,14,17H,4-5,7,10-11H2,1-3H3. The van der Waals surface area contributed by atoms with Crippen molar-refractivity contribution in [1.82, 2.24) is 5.32 Å². The highest BCUT2D eigenvalue weighted by molar-refractivity contribution is 14.1. The predicted molar refractivity (Wildman–Crippen MR) is 93.9 cm³/mol. The number of aryl methyl sites for hydroxylation is 1. The van der Waals surface area contributed by atoms with Gasteiger partial charge in [0.25, 0.3) is 0 Å². The van der Waals surface area contributed by atoms with Crippen LogP contribution >= 0.6 is 22.6 Å². The predicted octanol–water partition coefficient (Wildman–Crippen LogP) is 3.47. The first kappa shape index (κ1) is 17.9. The van der Waals surface area contributed by atoms with Crippen LogP contribution in [0, 0.1) is 10.5 Å². The summed E-state index contributed by atoms with van der Waals surface area (Å²) in [5.74, 6) is 0.522. The first-order chi connectivity index (χ1) is 9.41. The van der Waals surface area contributed by atoms with Gasteiger partial charge in [0, 0.05) is 15.4 Å². The van der Waals surface area contributed by atoms with Gasteiger partial charge in [-0.25, -0.2) is 8.42 Å². The summed E-state index contributed by atoms with van der Waals surface area (Å²) >= 11 is 2.38. The summed E-state index contributed by atoms with van der Waals surface area (Å²) in [7, 11) is -2.86. The Hall–Kier alpha value is -0.140. The minimum Gasteiger partial charge on any atom is -0.310 e. The van der Waals surface area contributed by atoms with Gasteiger partial charge in [-0.3, -0.25) is 0 Å². The van der Waals surface area contributed by atoms with Gasteiger partial charge in [0.15, 0.2) is 0 Å². The topological polar surface area (TPSA) is 46.2 Å². The summed E-state index contributed by atoms with van der Waals surface area (Å²) in [5, 5.41) is 3.47. The monoisotopic (exact) mass is 409 g/mol. The highest BCUT2D eigenvalue weighted by Gasteiger charge is 2.16. The smallest absolute Gasteiger partial charge is 0.150 e. The van der Waals surface area contributed by atoms with Crippen molar-refractivity contribution in [1.29, 1.82) is 0 Å². The Labute approximate surface area is 136 Å². The molecule has 5 heteroatoms. The van der Waals surface area contributed by atoms with Crippen LogP contribution in [0.2, 0.25) is 0 Å². The molecule has 1 N–H and O–H groups in total. The normalized spacial score (nSPS) is 13.4. The lowest BCUT2D eigenvalue weighted by molar-refractivity contribution is 0.504. The van der Waals surface area contributed by atoms with Gasteiger partial charge in [0.1, 0.15) is 9.84 Å². The Morgan fingerprint density at radius 2 is 2.00 bits per heavy atom. The lowest BCUT2D eigenvalue weighted by Crippen LogP contribution is -2.23. The second kappa shape index (κ2) is 8.34. The van der Waals surface area contributed by atoms with Crippen molar-refractivity contribution < 1.29 is 8.42 Å². The van der Waals surface area contributed by atoms with E-state index in [9.17, 15) is 8.42 Å². The Morgan fingerprint density at radius 3 is 2.60 bits per heavy atom. The van der Waals surface area contributed by atoms with Crippen LogP contribution in [-0.4, -0.2) is 26.5 Å². The number of hydrogen-bond donors (Lipinski definition) is 1. The number of nitrogens with one attached hydrogen (secondary N) is 1. The summed E-state index contributed by atoms with van der Waals surface area (Å²) in [6, 6.07) is 6.55. The lowest BCUT2D eigenvalue weighted by atomic mass is 10.0. The average Bonchev–Trinajstić information content (AvgIpc) is 2.41.